The average Bonchev–Trinajstić information content (AvgIpc) is 2.40. The normalized spacial score (nSPS) is 10.8. The molecular formula is C9H16BrN3. The first-order valence-electron chi connectivity index (χ1n) is 4.63. The highest BCUT2D eigenvalue weighted by Crippen LogP contribution is 2.20. The van der Waals surface area contributed by atoms with E-state index in [4.69, 9.17) is 0 Å². The van der Waals surface area contributed by atoms with Crippen LogP contribution < -0.4 is 5.32 Å². The Labute approximate surface area is 87.6 Å². The Balaban J connectivity index is 2.88. The molecule has 0 unspecified atom stereocenters. The number of nitrogens with zero attached hydrogens (tertiary/aromatic N) is 2. The largest absolute Gasteiger partial charge is 0.311 e. The highest BCUT2D eigenvalue weighted by Gasteiger charge is 2.10. The molecule has 0 aliphatic carbocycles. The first kappa shape index (κ1) is 10.7. The summed E-state index contributed by atoms with van der Waals surface area (Å²) in [5.41, 5.74) is 2.30. The Hall–Kier alpha value is -0.350. The van der Waals surface area contributed by atoms with Gasteiger partial charge in [-0.05, 0) is 36.3 Å². The Morgan fingerprint density at radius 2 is 2.15 bits per heavy atom. The summed E-state index contributed by atoms with van der Waals surface area (Å²) in [4.78, 5) is 0. The van der Waals surface area contributed by atoms with Crippen molar-refractivity contribution in [3.8, 4) is 0 Å². The smallest absolute Gasteiger partial charge is 0.0739 e. The van der Waals surface area contributed by atoms with Gasteiger partial charge in [-0.1, -0.05) is 6.92 Å². The second-order valence-electron chi connectivity index (χ2n) is 2.94. The molecule has 0 saturated heterocycles. The predicted octanol–water partition coefficient (Wildman–Crippen LogP) is 2.08. The molecular weight excluding hydrogens is 230 g/mol. The highest BCUT2D eigenvalue weighted by atomic mass is 79.9. The van der Waals surface area contributed by atoms with Gasteiger partial charge in [0, 0.05) is 13.1 Å². The van der Waals surface area contributed by atoms with Crippen LogP contribution in [0.1, 0.15) is 25.2 Å². The van der Waals surface area contributed by atoms with Crippen LogP contribution in [-0.2, 0) is 13.1 Å². The Kier molecular flexibility index (Phi) is 3.93. The maximum absolute atomic E-state index is 4.41. The molecule has 1 heterocycles. The second kappa shape index (κ2) is 4.77. The van der Waals surface area contributed by atoms with E-state index >= 15 is 0 Å². The molecule has 0 aliphatic heterocycles. The van der Waals surface area contributed by atoms with Crippen molar-refractivity contribution in [3.63, 3.8) is 0 Å². The van der Waals surface area contributed by atoms with Crippen LogP contribution in [-0.4, -0.2) is 16.3 Å². The fraction of sp³-hybridized carbons (Fsp3) is 0.667. The van der Waals surface area contributed by atoms with E-state index in [0.717, 1.165) is 29.8 Å². The van der Waals surface area contributed by atoms with E-state index in [1.54, 1.807) is 0 Å². The molecule has 1 aromatic rings. The van der Waals surface area contributed by atoms with Crippen molar-refractivity contribution < 1.29 is 0 Å². The first-order valence-corrected chi connectivity index (χ1v) is 5.42. The maximum Gasteiger partial charge on any atom is 0.0739 e. The van der Waals surface area contributed by atoms with Gasteiger partial charge in [0.2, 0.25) is 0 Å². The van der Waals surface area contributed by atoms with Crippen molar-refractivity contribution in [2.45, 2.75) is 33.9 Å². The number of rotatable bonds is 4. The molecule has 74 valence electrons. The molecule has 0 amide bonds. The number of aryl methyl sites for hydroxylation is 2. The average molecular weight is 246 g/mol. The minimum atomic E-state index is 0.881. The fourth-order valence-electron chi connectivity index (χ4n) is 1.28. The van der Waals surface area contributed by atoms with Gasteiger partial charge in [0.25, 0.3) is 0 Å². The minimum Gasteiger partial charge on any atom is -0.311 e. The monoisotopic (exact) mass is 245 g/mol. The summed E-state index contributed by atoms with van der Waals surface area (Å²) in [7, 11) is 0. The molecule has 0 aliphatic rings. The van der Waals surface area contributed by atoms with Crippen molar-refractivity contribution in [1.82, 2.24) is 15.1 Å². The van der Waals surface area contributed by atoms with Crippen molar-refractivity contribution in [1.29, 1.82) is 0 Å². The third kappa shape index (κ3) is 2.31. The lowest BCUT2D eigenvalue weighted by atomic mass is 10.3. The van der Waals surface area contributed by atoms with Crippen molar-refractivity contribution in [2.75, 3.05) is 6.54 Å². The van der Waals surface area contributed by atoms with Crippen LogP contribution >= 0.6 is 15.9 Å². The second-order valence-corrected chi connectivity index (χ2v) is 3.74. The number of hydrogen-bond acceptors (Lipinski definition) is 2. The number of hydrogen-bond donors (Lipinski definition) is 1. The molecule has 4 heteroatoms. The Morgan fingerprint density at radius 3 is 2.69 bits per heavy atom. The molecule has 0 fully saturated rings. The van der Waals surface area contributed by atoms with Crippen LogP contribution in [0.4, 0.5) is 0 Å². The van der Waals surface area contributed by atoms with E-state index in [-0.39, 0.29) is 0 Å². The van der Waals surface area contributed by atoms with Crippen LogP contribution in [0.2, 0.25) is 0 Å². The lowest BCUT2D eigenvalue weighted by molar-refractivity contribution is 0.586. The molecule has 13 heavy (non-hydrogen) atoms. The van der Waals surface area contributed by atoms with E-state index in [1.165, 1.54) is 5.69 Å². The van der Waals surface area contributed by atoms with Gasteiger partial charge in [0.15, 0.2) is 0 Å². The number of nitrogens with one attached hydrogen (secondary N) is 1. The third-order valence-corrected chi connectivity index (χ3v) is 3.03. The third-order valence-electron chi connectivity index (χ3n) is 2.00. The van der Waals surface area contributed by atoms with Gasteiger partial charge in [-0.25, -0.2) is 0 Å². The molecule has 1 rings (SSSR count). The summed E-state index contributed by atoms with van der Waals surface area (Å²) in [6.45, 7) is 9.02. The van der Waals surface area contributed by atoms with Crippen LogP contribution in [0, 0.1) is 6.92 Å². The SMILES string of the molecule is CCNCc1c(Br)c(C)nn1CC. The van der Waals surface area contributed by atoms with Crippen LogP contribution in [0.15, 0.2) is 4.47 Å². The lowest BCUT2D eigenvalue weighted by Crippen LogP contribution is -2.16. The number of aromatic nitrogens is 2. The number of halogens is 1. The first-order chi connectivity index (χ1) is 6.20. The standard InChI is InChI=1S/C9H16BrN3/c1-4-11-6-8-9(10)7(3)12-13(8)5-2/h11H,4-6H2,1-3H3. The molecule has 1 aromatic heterocycles. The molecule has 0 atom stereocenters. The molecule has 0 spiro atoms. The van der Waals surface area contributed by atoms with Crippen LogP contribution in [0.3, 0.4) is 0 Å². The quantitative estimate of drug-likeness (QED) is 0.881. The van der Waals surface area contributed by atoms with Crippen molar-refractivity contribution >= 4 is 15.9 Å². The van der Waals surface area contributed by atoms with Gasteiger partial charge < -0.3 is 5.32 Å². The van der Waals surface area contributed by atoms with Gasteiger partial charge >= 0.3 is 0 Å². The topological polar surface area (TPSA) is 29.9 Å². The van der Waals surface area contributed by atoms with Crippen molar-refractivity contribution in [3.05, 3.63) is 15.9 Å². The van der Waals surface area contributed by atoms with Gasteiger partial charge in [-0.3, -0.25) is 4.68 Å². The molecule has 0 aromatic carbocycles. The summed E-state index contributed by atoms with van der Waals surface area (Å²) >= 11 is 3.55. The van der Waals surface area contributed by atoms with Gasteiger partial charge in [0.1, 0.15) is 0 Å². The summed E-state index contributed by atoms with van der Waals surface area (Å²) < 4.78 is 3.16. The Morgan fingerprint density at radius 1 is 1.46 bits per heavy atom. The van der Waals surface area contributed by atoms with Gasteiger partial charge in [-0.15, -0.1) is 0 Å². The molecule has 0 radical (unpaired) electrons. The zero-order chi connectivity index (χ0) is 9.84. The summed E-state index contributed by atoms with van der Waals surface area (Å²) in [6.07, 6.45) is 0. The van der Waals surface area contributed by atoms with E-state index in [0.29, 0.717) is 0 Å². The summed E-state index contributed by atoms with van der Waals surface area (Å²) in [5, 5.41) is 7.71. The van der Waals surface area contributed by atoms with Gasteiger partial charge in [-0.2, -0.15) is 5.10 Å². The maximum atomic E-state index is 4.41. The van der Waals surface area contributed by atoms with Crippen LogP contribution in [0.5, 0.6) is 0 Å². The van der Waals surface area contributed by atoms with E-state index in [1.807, 2.05) is 11.6 Å². The summed E-state index contributed by atoms with van der Waals surface area (Å²) in [5.74, 6) is 0. The molecule has 0 bridgehead atoms. The fourth-order valence-corrected chi connectivity index (χ4v) is 1.71. The predicted molar refractivity (Wildman–Crippen MR) is 57.7 cm³/mol. The summed E-state index contributed by atoms with van der Waals surface area (Å²) in [6, 6.07) is 0. The Bertz CT molecular complexity index is 281. The van der Waals surface area contributed by atoms with E-state index in [2.05, 4.69) is 40.2 Å². The van der Waals surface area contributed by atoms with Gasteiger partial charge in [0.05, 0.1) is 15.9 Å². The lowest BCUT2D eigenvalue weighted by Gasteiger charge is -2.05. The highest BCUT2D eigenvalue weighted by molar-refractivity contribution is 9.10. The zero-order valence-electron chi connectivity index (χ0n) is 8.39. The molecule has 3 nitrogen and oxygen atoms in total. The van der Waals surface area contributed by atoms with Crippen LogP contribution in [0.25, 0.3) is 0 Å². The van der Waals surface area contributed by atoms with E-state index < -0.39 is 0 Å². The zero-order valence-corrected chi connectivity index (χ0v) is 9.98. The molecule has 1 N–H and O–H groups in total. The van der Waals surface area contributed by atoms with Crippen molar-refractivity contribution in [2.24, 2.45) is 0 Å². The molecule has 0 saturated carbocycles. The van der Waals surface area contributed by atoms with E-state index in [9.17, 15) is 0 Å². The minimum absolute atomic E-state index is 0.881.